The molecule has 1 unspecified atom stereocenters. The molecule has 1 atom stereocenters. The Bertz CT molecular complexity index is 466. The monoisotopic (exact) mass is 316 g/mol. The van der Waals surface area contributed by atoms with Crippen molar-refractivity contribution in [3.05, 3.63) is 21.4 Å². The number of hydrogen-bond acceptors (Lipinski definition) is 3. The predicted octanol–water partition coefficient (Wildman–Crippen LogP) is 3.48. The SMILES string of the molecule is Cc1cc(C(C)NC(=O)C2(CN)CCCC2)c(C)s1.Cl. The average molecular weight is 317 g/mol. The van der Waals surface area contributed by atoms with E-state index in [0.29, 0.717) is 6.54 Å². The van der Waals surface area contributed by atoms with Crippen molar-refractivity contribution in [1.82, 2.24) is 5.32 Å². The van der Waals surface area contributed by atoms with Gasteiger partial charge in [0.15, 0.2) is 0 Å². The highest BCUT2D eigenvalue weighted by molar-refractivity contribution is 7.12. The van der Waals surface area contributed by atoms with Gasteiger partial charge in [0, 0.05) is 16.3 Å². The van der Waals surface area contributed by atoms with Gasteiger partial charge in [0.25, 0.3) is 0 Å². The van der Waals surface area contributed by atoms with Crippen LogP contribution >= 0.6 is 23.7 Å². The van der Waals surface area contributed by atoms with Gasteiger partial charge in [0.2, 0.25) is 5.91 Å². The van der Waals surface area contributed by atoms with Gasteiger partial charge in [-0.3, -0.25) is 4.79 Å². The van der Waals surface area contributed by atoms with Gasteiger partial charge in [0.05, 0.1) is 11.5 Å². The Hall–Kier alpha value is -0.580. The Morgan fingerprint density at radius 1 is 1.45 bits per heavy atom. The third-order valence-corrected chi connectivity index (χ3v) is 5.31. The first-order valence-corrected chi connectivity index (χ1v) is 7.88. The highest BCUT2D eigenvalue weighted by Gasteiger charge is 2.40. The summed E-state index contributed by atoms with van der Waals surface area (Å²) in [6, 6.07) is 2.25. The lowest BCUT2D eigenvalue weighted by atomic mass is 9.85. The van der Waals surface area contributed by atoms with Crippen molar-refractivity contribution in [1.29, 1.82) is 0 Å². The van der Waals surface area contributed by atoms with Crippen molar-refractivity contribution in [2.24, 2.45) is 11.1 Å². The lowest BCUT2D eigenvalue weighted by molar-refractivity contribution is -0.131. The van der Waals surface area contributed by atoms with Gasteiger partial charge < -0.3 is 11.1 Å². The van der Waals surface area contributed by atoms with E-state index in [4.69, 9.17) is 5.73 Å². The molecule has 1 heterocycles. The van der Waals surface area contributed by atoms with Gasteiger partial charge in [-0.1, -0.05) is 12.8 Å². The van der Waals surface area contributed by atoms with Gasteiger partial charge >= 0.3 is 0 Å². The molecule has 2 rings (SSSR count). The van der Waals surface area contributed by atoms with Crippen LogP contribution in [0.25, 0.3) is 0 Å². The van der Waals surface area contributed by atoms with Crippen molar-refractivity contribution < 1.29 is 4.79 Å². The van der Waals surface area contributed by atoms with E-state index in [2.05, 4.69) is 32.2 Å². The molecule has 5 heteroatoms. The van der Waals surface area contributed by atoms with Crippen LogP contribution in [0.5, 0.6) is 0 Å². The minimum Gasteiger partial charge on any atom is -0.349 e. The minimum atomic E-state index is -0.312. The van der Waals surface area contributed by atoms with Crippen LogP contribution in [0.15, 0.2) is 6.07 Å². The lowest BCUT2D eigenvalue weighted by Crippen LogP contribution is -2.45. The van der Waals surface area contributed by atoms with Crippen LogP contribution in [0.1, 0.15) is 54.0 Å². The number of halogens is 1. The number of carbonyl (C=O) groups excluding carboxylic acids is 1. The highest BCUT2D eigenvalue weighted by atomic mass is 35.5. The quantitative estimate of drug-likeness (QED) is 0.893. The maximum Gasteiger partial charge on any atom is 0.227 e. The fourth-order valence-corrected chi connectivity index (χ4v) is 4.11. The molecule has 1 aromatic heterocycles. The molecule has 1 fully saturated rings. The van der Waals surface area contributed by atoms with Crippen LogP contribution in [0.2, 0.25) is 0 Å². The summed E-state index contributed by atoms with van der Waals surface area (Å²) in [4.78, 5) is 15.1. The van der Waals surface area contributed by atoms with Gasteiger partial charge in [-0.15, -0.1) is 23.7 Å². The summed E-state index contributed by atoms with van der Waals surface area (Å²) >= 11 is 1.79. The number of carbonyl (C=O) groups is 1. The van der Waals surface area contributed by atoms with Gasteiger partial charge in [-0.2, -0.15) is 0 Å². The number of rotatable bonds is 4. The average Bonchev–Trinajstić information content (AvgIpc) is 2.96. The van der Waals surface area contributed by atoms with Crippen LogP contribution in [0.4, 0.5) is 0 Å². The largest absolute Gasteiger partial charge is 0.349 e. The zero-order valence-corrected chi connectivity index (χ0v) is 14.1. The van der Waals surface area contributed by atoms with Crippen LogP contribution < -0.4 is 11.1 Å². The fraction of sp³-hybridized carbons (Fsp3) is 0.667. The normalized spacial score (nSPS) is 18.4. The molecule has 0 bridgehead atoms. The van der Waals surface area contributed by atoms with E-state index in [1.165, 1.54) is 15.3 Å². The molecule has 1 aliphatic rings. The molecular weight excluding hydrogens is 292 g/mol. The lowest BCUT2D eigenvalue weighted by Gasteiger charge is -2.28. The third kappa shape index (κ3) is 3.35. The van der Waals surface area contributed by atoms with Gasteiger partial charge in [-0.05, 0) is 45.2 Å². The van der Waals surface area contributed by atoms with Crippen LogP contribution in [0, 0.1) is 19.3 Å². The van der Waals surface area contributed by atoms with Crippen LogP contribution in [-0.4, -0.2) is 12.5 Å². The van der Waals surface area contributed by atoms with E-state index in [9.17, 15) is 4.79 Å². The second-order valence-corrected chi connectivity index (χ2v) is 7.22. The van der Waals surface area contributed by atoms with Gasteiger partial charge in [0.1, 0.15) is 0 Å². The molecule has 1 saturated carbocycles. The first-order chi connectivity index (χ1) is 8.98. The summed E-state index contributed by atoms with van der Waals surface area (Å²) in [7, 11) is 0. The molecule has 3 nitrogen and oxygen atoms in total. The smallest absolute Gasteiger partial charge is 0.227 e. The standard InChI is InChI=1S/C15H24N2OS.ClH/c1-10-8-13(12(3)19-10)11(2)17-14(18)15(9-16)6-4-5-7-15;/h8,11H,4-7,9,16H2,1-3H3,(H,17,18);1H. The van der Waals surface area contributed by atoms with E-state index >= 15 is 0 Å². The minimum absolute atomic E-state index is 0. The number of aryl methyl sites for hydroxylation is 2. The molecule has 0 aromatic carbocycles. The summed E-state index contributed by atoms with van der Waals surface area (Å²) in [6.45, 7) is 6.75. The van der Waals surface area contributed by atoms with Crippen molar-refractivity contribution in [2.45, 2.75) is 52.5 Å². The first-order valence-electron chi connectivity index (χ1n) is 7.06. The maximum atomic E-state index is 12.5. The summed E-state index contributed by atoms with van der Waals surface area (Å²) in [5.74, 6) is 0.142. The fourth-order valence-electron chi connectivity index (χ4n) is 3.08. The molecular formula is C15H25ClN2OS. The summed E-state index contributed by atoms with van der Waals surface area (Å²) in [5, 5.41) is 3.17. The number of amides is 1. The molecule has 0 spiro atoms. The van der Waals surface area contributed by atoms with Gasteiger partial charge in [-0.25, -0.2) is 0 Å². The summed E-state index contributed by atoms with van der Waals surface area (Å²) < 4.78 is 0. The van der Waals surface area contributed by atoms with Crippen molar-refractivity contribution in [2.75, 3.05) is 6.54 Å². The van der Waals surface area contributed by atoms with E-state index in [-0.39, 0.29) is 29.8 Å². The van der Waals surface area contributed by atoms with Crippen LogP contribution in [-0.2, 0) is 4.79 Å². The molecule has 1 amide bonds. The topological polar surface area (TPSA) is 55.1 Å². The predicted molar refractivity (Wildman–Crippen MR) is 87.6 cm³/mol. The van der Waals surface area contributed by atoms with Crippen molar-refractivity contribution in [3.63, 3.8) is 0 Å². The second kappa shape index (κ2) is 6.92. The Kier molecular flexibility index (Phi) is 6.05. The summed E-state index contributed by atoms with van der Waals surface area (Å²) in [6.07, 6.45) is 4.11. The maximum absolute atomic E-state index is 12.5. The van der Waals surface area contributed by atoms with Crippen molar-refractivity contribution >= 4 is 29.7 Å². The first kappa shape index (κ1) is 17.5. The summed E-state index contributed by atoms with van der Waals surface area (Å²) in [5.41, 5.74) is 6.78. The Morgan fingerprint density at radius 2 is 2.05 bits per heavy atom. The van der Waals surface area contributed by atoms with Crippen LogP contribution in [0.3, 0.4) is 0 Å². The Labute approximate surface area is 131 Å². The van der Waals surface area contributed by atoms with E-state index in [1.807, 2.05) is 0 Å². The zero-order valence-electron chi connectivity index (χ0n) is 12.5. The Morgan fingerprint density at radius 3 is 2.50 bits per heavy atom. The highest BCUT2D eigenvalue weighted by Crippen LogP contribution is 2.38. The molecule has 0 saturated heterocycles. The molecule has 0 aliphatic heterocycles. The molecule has 1 aliphatic carbocycles. The number of nitrogens with one attached hydrogen (secondary N) is 1. The number of thiophene rings is 1. The van der Waals surface area contributed by atoms with E-state index in [0.717, 1.165) is 25.7 Å². The van der Waals surface area contributed by atoms with E-state index < -0.39 is 0 Å². The van der Waals surface area contributed by atoms with E-state index in [1.54, 1.807) is 11.3 Å². The molecule has 114 valence electrons. The van der Waals surface area contributed by atoms with Crippen molar-refractivity contribution in [3.8, 4) is 0 Å². The second-order valence-electron chi connectivity index (χ2n) is 5.76. The molecule has 1 aromatic rings. The third-order valence-electron chi connectivity index (χ3n) is 4.33. The zero-order chi connectivity index (χ0) is 14.0. The Balaban J connectivity index is 0.00000200. The number of nitrogens with two attached hydrogens (primary N) is 1. The number of hydrogen-bond donors (Lipinski definition) is 2. The molecule has 20 heavy (non-hydrogen) atoms. The molecule has 3 N–H and O–H groups in total. The molecule has 0 radical (unpaired) electrons.